The minimum absolute atomic E-state index is 0.0263. The topological polar surface area (TPSA) is 72.2 Å². The highest BCUT2D eigenvalue weighted by molar-refractivity contribution is 7.84. The molecule has 84 valence electrons. The first-order chi connectivity index (χ1) is 6.56. The molecule has 0 aromatic rings. The zero-order valence-electron chi connectivity index (χ0n) is 8.91. The lowest BCUT2D eigenvalue weighted by Crippen LogP contribution is -2.25. The lowest BCUT2D eigenvalue weighted by Gasteiger charge is -2.05. The Balaban J connectivity index is 3.48. The van der Waals surface area contributed by atoms with Gasteiger partial charge in [-0.15, -0.1) is 0 Å². The average molecular weight is 220 g/mol. The quantitative estimate of drug-likeness (QED) is 0.634. The number of hydrogen-bond acceptors (Lipinski definition) is 3. The second kappa shape index (κ2) is 7.94. The minimum Gasteiger partial charge on any atom is -0.356 e. The molecule has 0 bridgehead atoms. The van der Waals surface area contributed by atoms with Gasteiger partial charge in [-0.1, -0.05) is 0 Å². The summed E-state index contributed by atoms with van der Waals surface area (Å²) in [6.07, 6.45) is 1.10. The van der Waals surface area contributed by atoms with Crippen molar-refractivity contribution < 1.29 is 9.00 Å². The van der Waals surface area contributed by atoms with Gasteiger partial charge in [-0.25, -0.2) is 0 Å². The van der Waals surface area contributed by atoms with Gasteiger partial charge in [0.25, 0.3) is 0 Å². The van der Waals surface area contributed by atoms with E-state index in [-0.39, 0.29) is 11.9 Å². The Hall–Kier alpha value is -0.420. The number of hydrogen-bond donors (Lipinski definition) is 2. The third kappa shape index (κ3) is 8.19. The van der Waals surface area contributed by atoms with Crippen molar-refractivity contribution in [2.75, 3.05) is 18.1 Å². The summed E-state index contributed by atoms with van der Waals surface area (Å²) in [6.45, 7) is 4.39. The summed E-state index contributed by atoms with van der Waals surface area (Å²) < 4.78 is 11.3. The predicted octanol–water partition coefficient (Wildman–Crippen LogP) is -0.00140. The lowest BCUT2D eigenvalue weighted by atomic mass is 10.3. The predicted molar refractivity (Wildman–Crippen MR) is 59.4 cm³/mol. The molecule has 0 radical (unpaired) electrons. The van der Waals surface area contributed by atoms with E-state index >= 15 is 0 Å². The maximum atomic E-state index is 11.3. The molecule has 14 heavy (non-hydrogen) atoms. The lowest BCUT2D eigenvalue weighted by molar-refractivity contribution is -0.120. The monoisotopic (exact) mass is 220 g/mol. The molecular formula is C9H20N2O2S. The van der Waals surface area contributed by atoms with Crippen LogP contribution in [0.3, 0.4) is 0 Å². The smallest absolute Gasteiger partial charge is 0.220 e. The van der Waals surface area contributed by atoms with Crippen LogP contribution in [0.2, 0.25) is 0 Å². The Morgan fingerprint density at radius 3 is 2.64 bits per heavy atom. The molecule has 0 aromatic carbocycles. The van der Waals surface area contributed by atoms with Crippen LogP contribution in [-0.4, -0.2) is 34.2 Å². The van der Waals surface area contributed by atoms with Gasteiger partial charge in [0, 0.05) is 41.3 Å². The van der Waals surface area contributed by atoms with Crippen molar-refractivity contribution in [3.63, 3.8) is 0 Å². The van der Waals surface area contributed by atoms with E-state index in [2.05, 4.69) is 5.32 Å². The van der Waals surface area contributed by atoms with Gasteiger partial charge in [-0.2, -0.15) is 0 Å². The molecule has 0 heterocycles. The summed E-state index contributed by atoms with van der Waals surface area (Å²) in [4.78, 5) is 11.0. The van der Waals surface area contributed by atoms with E-state index in [9.17, 15) is 9.00 Å². The minimum atomic E-state index is -0.906. The number of carbonyl (C=O) groups is 1. The normalized spacial score (nSPS) is 14.8. The van der Waals surface area contributed by atoms with Crippen LogP contribution in [0, 0.1) is 0 Å². The number of carbonyl (C=O) groups excluding carboxylic acids is 1. The first kappa shape index (κ1) is 13.6. The van der Waals surface area contributed by atoms with Crippen LogP contribution in [0.15, 0.2) is 0 Å². The molecule has 0 aliphatic heterocycles. The third-order valence-corrected chi connectivity index (χ3v) is 3.08. The van der Waals surface area contributed by atoms with Gasteiger partial charge >= 0.3 is 0 Å². The van der Waals surface area contributed by atoms with Crippen molar-refractivity contribution in [2.24, 2.45) is 5.73 Å². The molecule has 0 aliphatic rings. The van der Waals surface area contributed by atoms with Gasteiger partial charge in [0.15, 0.2) is 0 Å². The first-order valence-electron chi connectivity index (χ1n) is 4.93. The summed E-state index contributed by atoms with van der Waals surface area (Å²) in [7, 11) is -0.906. The molecule has 4 nitrogen and oxygen atoms in total. The van der Waals surface area contributed by atoms with E-state index in [0.717, 1.165) is 6.42 Å². The van der Waals surface area contributed by atoms with Gasteiger partial charge < -0.3 is 11.1 Å². The van der Waals surface area contributed by atoms with Crippen LogP contribution in [0.25, 0.3) is 0 Å². The Kier molecular flexibility index (Phi) is 7.70. The second-order valence-corrected chi connectivity index (χ2v) is 5.01. The van der Waals surface area contributed by atoms with Gasteiger partial charge in [0.2, 0.25) is 5.91 Å². The van der Waals surface area contributed by atoms with Crippen LogP contribution in [-0.2, 0) is 15.6 Å². The fraction of sp³-hybridized carbons (Fsp3) is 0.889. The number of amides is 1. The molecule has 0 rings (SSSR count). The molecular weight excluding hydrogens is 200 g/mol. The van der Waals surface area contributed by atoms with E-state index in [1.807, 2.05) is 13.8 Å². The average Bonchev–Trinajstić information content (AvgIpc) is 2.12. The Morgan fingerprint density at radius 1 is 1.50 bits per heavy atom. The largest absolute Gasteiger partial charge is 0.356 e. The van der Waals surface area contributed by atoms with Crippen LogP contribution < -0.4 is 11.1 Å². The van der Waals surface area contributed by atoms with Gasteiger partial charge in [-0.05, 0) is 20.3 Å². The van der Waals surface area contributed by atoms with Crippen molar-refractivity contribution in [1.82, 2.24) is 5.32 Å². The SMILES string of the molecule is CCNC(=O)CCS(=O)CCC(C)N. The summed E-state index contributed by atoms with van der Waals surface area (Å²) in [5.41, 5.74) is 5.53. The zero-order chi connectivity index (χ0) is 11.0. The molecule has 2 atom stereocenters. The van der Waals surface area contributed by atoms with Gasteiger partial charge in [-0.3, -0.25) is 9.00 Å². The van der Waals surface area contributed by atoms with Crippen molar-refractivity contribution in [1.29, 1.82) is 0 Å². The fourth-order valence-electron chi connectivity index (χ4n) is 0.911. The molecule has 0 saturated heterocycles. The Morgan fingerprint density at radius 2 is 2.14 bits per heavy atom. The summed E-state index contributed by atoms with van der Waals surface area (Å²) in [6, 6.07) is 0.0865. The summed E-state index contributed by atoms with van der Waals surface area (Å²) >= 11 is 0. The molecule has 5 heteroatoms. The van der Waals surface area contributed by atoms with E-state index in [0.29, 0.717) is 24.5 Å². The molecule has 3 N–H and O–H groups in total. The molecule has 1 amide bonds. The van der Waals surface area contributed by atoms with Gasteiger partial charge in [0.1, 0.15) is 0 Å². The van der Waals surface area contributed by atoms with Crippen molar-refractivity contribution >= 4 is 16.7 Å². The fourth-order valence-corrected chi connectivity index (χ4v) is 2.16. The van der Waals surface area contributed by atoms with E-state index in [4.69, 9.17) is 5.73 Å². The maximum absolute atomic E-state index is 11.3. The highest BCUT2D eigenvalue weighted by atomic mass is 32.2. The number of nitrogens with one attached hydrogen (secondary N) is 1. The van der Waals surface area contributed by atoms with Crippen LogP contribution in [0.4, 0.5) is 0 Å². The van der Waals surface area contributed by atoms with Gasteiger partial charge in [0.05, 0.1) is 0 Å². The molecule has 0 spiro atoms. The van der Waals surface area contributed by atoms with Crippen LogP contribution in [0.1, 0.15) is 26.7 Å². The van der Waals surface area contributed by atoms with Crippen molar-refractivity contribution in [2.45, 2.75) is 32.7 Å². The van der Waals surface area contributed by atoms with Crippen molar-refractivity contribution in [3.8, 4) is 0 Å². The highest BCUT2D eigenvalue weighted by Gasteiger charge is 2.05. The summed E-state index contributed by atoms with van der Waals surface area (Å²) in [5.74, 6) is 1.01. The Labute approximate surface area is 88.1 Å². The molecule has 0 fully saturated rings. The van der Waals surface area contributed by atoms with E-state index in [1.54, 1.807) is 0 Å². The standard InChI is InChI=1S/C9H20N2O2S/c1-3-11-9(12)5-7-14(13)6-4-8(2)10/h8H,3-7,10H2,1-2H3,(H,11,12). The van der Waals surface area contributed by atoms with E-state index in [1.165, 1.54) is 0 Å². The first-order valence-corrected chi connectivity index (χ1v) is 6.42. The van der Waals surface area contributed by atoms with Crippen LogP contribution >= 0.6 is 0 Å². The Bertz CT molecular complexity index is 195. The second-order valence-electron chi connectivity index (χ2n) is 3.32. The van der Waals surface area contributed by atoms with E-state index < -0.39 is 10.8 Å². The molecule has 0 aliphatic carbocycles. The number of rotatable bonds is 7. The maximum Gasteiger partial charge on any atom is 0.220 e. The third-order valence-electron chi connectivity index (χ3n) is 1.73. The summed E-state index contributed by atoms with van der Waals surface area (Å²) in [5, 5.41) is 2.67. The zero-order valence-corrected chi connectivity index (χ0v) is 9.73. The molecule has 2 unspecified atom stereocenters. The van der Waals surface area contributed by atoms with Crippen molar-refractivity contribution in [3.05, 3.63) is 0 Å². The molecule has 0 aromatic heterocycles. The molecule has 0 saturated carbocycles. The van der Waals surface area contributed by atoms with Crippen LogP contribution in [0.5, 0.6) is 0 Å². The highest BCUT2D eigenvalue weighted by Crippen LogP contribution is 1.94. The number of nitrogens with two attached hydrogens (primary N) is 1.